The smallest absolute Gasteiger partial charge is 0.261 e. The van der Waals surface area contributed by atoms with Gasteiger partial charge in [0.1, 0.15) is 11.3 Å². The van der Waals surface area contributed by atoms with Gasteiger partial charge >= 0.3 is 0 Å². The molecule has 5 nitrogen and oxygen atoms in total. The van der Waals surface area contributed by atoms with E-state index in [1.165, 1.54) is 11.3 Å². The summed E-state index contributed by atoms with van der Waals surface area (Å²) in [5, 5.41) is 0.673. The number of benzene rings is 2. The predicted molar refractivity (Wildman–Crippen MR) is 118 cm³/mol. The summed E-state index contributed by atoms with van der Waals surface area (Å²) in [4.78, 5) is 21.7. The number of carbonyl (C=O) groups is 1. The van der Waals surface area contributed by atoms with E-state index in [-0.39, 0.29) is 18.3 Å². The number of aromatic nitrogens is 1. The van der Waals surface area contributed by atoms with Gasteiger partial charge in [-0.15, -0.1) is 12.4 Å². The molecule has 0 unspecified atom stereocenters. The molecule has 0 aliphatic carbocycles. The number of nitrogens with zero attached hydrogens (tertiary/aromatic N) is 3. The van der Waals surface area contributed by atoms with Gasteiger partial charge in [-0.2, -0.15) is 0 Å². The highest BCUT2D eigenvalue weighted by molar-refractivity contribution is 9.10. The molecule has 1 aromatic heterocycles. The van der Waals surface area contributed by atoms with Crippen LogP contribution in [0.15, 0.2) is 46.9 Å². The average Bonchev–Trinajstić information content (AvgIpc) is 3.05. The molecule has 1 heterocycles. The lowest BCUT2D eigenvalue weighted by molar-refractivity contribution is 0.0984. The van der Waals surface area contributed by atoms with Crippen LogP contribution < -0.4 is 9.64 Å². The van der Waals surface area contributed by atoms with Crippen LogP contribution in [0.5, 0.6) is 5.75 Å². The molecule has 3 aromatic rings. The van der Waals surface area contributed by atoms with Gasteiger partial charge < -0.3 is 9.64 Å². The number of para-hydroxylation sites is 1. The second kappa shape index (κ2) is 9.50. The van der Waals surface area contributed by atoms with Gasteiger partial charge in [-0.05, 0) is 54.3 Å². The Morgan fingerprint density at radius 3 is 2.56 bits per heavy atom. The summed E-state index contributed by atoms with van der Waals surface area (Å²) in [5.41, 5.74) is 1.40. The molecule has 0 radical (unpaired) electrons. The van der Waals surface area contributed by atoms with Crippen molar-refractivity contribution in [2.75, 3.05) is 39.2 Å². The minimum absolute atomic E-state index is 0. The number of rotatable bonds is 6. The molecular formula is C19H21BrClN3O2S. The van der Waals surface area contributed by atoms with Crippen molar-refractivity contribution in [1.29, 1.82) is 0 Å². The number of carbonyl (C=O) groups excluding carboxylic acids is 1. The standard InChI is InChI=1S/C19H20BrN3O2S.ClH/c1-22(2)11-12-23(18(24)13-7-4-5-8-14(13)20)19-21-17-15(25-3)9-6-10-16(17)26-19;/h4-10H,11-12H2,1-3H3;1H. The van der Waals surface area contributed by atoms with Crippen molar-refractivity contribution in [3.05, 3.63) is 52.5 Å². The average molecular weight is 471 g/mol. The van der Waals surface area contributed by atoms with Crippen LogP contribution in [0.4, 0.5) is 5.13 Å². The molecule has 1 amide bonds. The number of anilines is 1. The molecule has 0 atom stereocenters. The van der Waals surface area contributed by atoms with Crippen molar-refractivity contribution in [2.24, 2.45) is 0 Å². The van der Waals surface area contributed by atoms with Crippen LogP contribution in [-0.2, 0) is 0 Å². The van der Waals surface area contributed by atoms with Gasteiger partial charge in [-0.25, -0.2) is 4.98 Å². The van der Waals surface area contributed by atoms with Crippen molar-refractivity contribution in [3.63, 3.8) is 0 Å². The lowest BCUT2D eigenvalue weighted by Gasteiger charge is -2.22. The maximum atomic E-state index is 13.2. The first-order valence-corrected chi connectivity index (χ1v) is 9.77. The van der Waals surface area contributed by atoms with Gasteiger partial charge in [0.05, 0.1) is 17.4 Å². The van der Waals surface area contributed by atoms with E-state index in [9.17, 15) is 4.79 Å². The van der Waals surface area contributed by atoms with E-state index in [0.717, 1.165) is 21.2 Å². The summed E-state index contributed by atoms with van der Waals surface area (Å²) in [6.07, 6.45) is 0. The molecule has 0 bridgehead atoms. The van der Waals surface area contributed by atoms with Crippen molar-refractivity contribution in [2.45, 2.75) is 0 Å². The monoisotopic (exact) mass is 469 g/mol. The fourth-order valence-electron chi connectivity index (χ4n) is 2.56. The fraction of sp³-hybridized carbons (Fsp3) is 0.263. The molecule has 2 aromatic carbocycles. The van der Waals surface area contributed by atoms with E-state index in [0.29, 0.717) is 23.0 Å². The zero-order valence-electron chi connectivity index (χ0n) is 15.3. The lowest BCUT2D eigenvalue weighted by Crippen LogP contribution is -2.36. The van der Waals surface area contributed by atoms with Gasteiger partial charge in [0, 0.05) is 17.6 Å². The Kier molecular flexibility index (Phi) is 7.61. The Morgan fingerprint density at radius 2 is 1.89 bits per heavy atom. The molecule has 0 saturated heterocycles. The third-order valence-corrected chi connectivity index (χ3v) is 5.68. The van der Waals surface area contributed by atoms with Crippen LogP contribution in [0.2, 0.25) is 0 Å². The summed E-state index contributed by atoms with van der Waals surface area (Å²) < 4.78 is 7.18. The second-order valence-corrected chi connectivity index (χ2v) is 7.91. The molecule has 8 heteroatoms. The quantitative estimate of drug-likeness (QED) is 0.524. The van der Waals surface area contributed by atoms with Gasteiger partial charge in [0.25, 0.3) is 5.91 Å². The molecule has 0 fully saturated rings. The predicted octanol–water partition coefficient (Wildman–Crippen LogP) is 4.70. The Morgan fingerprint density at radius 1 is 1.15 bits per heavy atom. The van der Waals surface area contributed by atoms with Crippen molar-refractivity contribution >= 4 is 60.9 Å². The number of methoxy groups -OCH3 is 1. The molecule has 0 aliphatic rings. The van der Waals surface area contributed by atoms with E-state index in [1.54, 1.807) is 12.0 Å². The Balaban J connectivity index is 0.00000261. The Bertz CT molecular complexity index is 932. The second-order valence-electron chi connectivity index (χ2n) is 6.04. The van der Waals surface area contributed by atoms with Crippen LogP contribution in [-0.4, -0.2) is 50.1 Å². The number of fused-ring (bicyclic) bond motifs is 1. The van der Waals surface area contributed by atoms with E-state index >= 15 is 0 Å². The van der Waals surface area contributed by atoms with Crippen molar-refractivity contribution in [3.8, 4) is 5.75 Å². The molecule has 27 heavy (non-hydrogen) atoms. The van der Waals surface area contributed by atoms with Crippen LogP contribution in [0.3, 0.4) is 0 Å². The number of likely N-dealkylation sites (N-methyl/N-ethyl adjacent to an activating group) is 1. The van der Waals surface area contributed by atoms with Crippen LogP contribution in [0, 0.1) is 0 Å². The number of thiazole rings is 1. The first-order chi connectivity index (χ1) is 12.5. The first kappa shape index (κ1) is 21.6. The maximum Gasteiger partial charge on any atom is 0.261 e. The first-order valence-electron chi connectivity index (χ1n) is 8.16. The number of hydrogen-bond donors (Lipinski definition) is 0. The van der Waals surface area contributed by atoms with Gasteiger partial charge in [0.2, 0.25) is 0 Å². The summed E-state index contributed by atoms with van der Waals surface area (Å²) in [7, 11) is 5.61. The highest BCUT2D eigenvalue weighted by Crippen LogP contribution is 2.35. The molecule has 0 spiro atoms. The largest absolute Gasteiger partial charge is 0.494 e. The Labute approximate surface area is 177 Å². The minimum atomic E-state index is -0.0719. The topological polar surface area (TPSA) is 45.7 Å². The van der Waals surface area contributed by atoms with Crippen LogP contribution >= 0.6 is 39.7 Å². The van der Waals surface area contributed by atoms with Gasteiger partial charge in [0.15, 0.2) is 5.13 Å². The molecule has 0 N–H and O–H groups in total. The van der Waals surface area contributed by atoms with Crippen molar-refractivity contribution < 1.29 is 9.53 Å². The Hall–Kier alpha value is -1.67. The van der Waals surface area contributed by atoms with Gasteiger partial charge in [-0.1, -0.05) is 29.5 Å². The van der Waals surface area contributed by atoms with E-state index in [4.69, 9.17) is 9.72 Å². The number of ether oxygens (including phenoxy) is 1. The van der Waals surface area contributed by atoms with Crippen molar-refractivity contribution in [1.82, 2.24) is 9.88 Å². The third-order valence-electron chi connectivity index (χ3n) is 3.94. The lowest BCUT2D eigenvalue weighted by atomic mass is 10.2. The number of hydrogen-bond acceptors (Lipinski definition) is 5. The molecule has 3 rings (SSSR count). The summed E-state index contributed by atoms with van der Waals surface area (Å²) in [6.45, 7) is 1.29. The molecule has 144 valence electrons. The van der Waals surface area contributed by atoms with Crippen LogP contribution in [0.1, 0.15) is 10.4 Å². The fourth-order valence-corrected chi connectivity index (χ4v) is 4.02. The molecular weight excluding hydrogens is 450 g/mol. The highest BCUT2D eigenvalue weighted by atomic mass is 79.9. The maximum absolute atomic E-state index is 13.2. The number of amides is 1. The summed E-state index contributed by atoms with van der Waals surface area (Å²) in [5.74, 6) is 0.642. The molecule has 0 saturated carbocycles. The van der Waals surface area contributed by atoms with E-state index < -0.39 is 0 Å². The van der Waals surface area contributed by atoms with Crippen LogP contribution in [0.25, 0.3) is 10.2 Å². The minimum Gasteiger partial charge on any atom is -0.494 e. The summed E-state index contributed by atoms with van der Waals surface area (Å²) >= 11 is 4.98. The zero-order chi connectivity index (χ0) is 18.7. The zero-order valence-corrected chi connectivity index (χ0v) is 18.5. The van der Waals surface area contributed by atoms with E-state index in [1.807, 2.05) is 61.5 Å². The van der Waals surface area contributed by atoms with E-state index in [2.05, 4.69) is 15.9 Å². The highest BCUT2D eigenvalue weighted by Gasteiger charge is 2.23. The summed E-state index contributed by atoms with van der Waals surface area (Å²) in [6, 6.07) is 13.3. The third kappa shape index (κ3) is 4.79. The van der Waals surface area contributed by atoms with Gasteiger partial charge in [-0.3, -0.25) is 9.69 Å². The normalized spacial score (nSPS) is 10.7. The molecule has 0 aliphatic heterocycles. The SMILES string of the molecule is COc1cccc2sc(N(CCN(C)C)C(=O)c3ccccc3Br)nc12.Cl. The number of halogens is 2.